The second-order valence-corrected chi connectivity index (χ2v) is 9.15. The number of carbonyl (C=O) groups excluding carboxylic acids is 2. The number of carbonyl (C=O) groups is 2. The molecule has 35 heavy (non-hydrogen) atoms. The summed E-state index contributed by atoms with van der Waals surface area (Å²) >= 11 is 18.9. The van der Waals surface area contributed by atoms with E-state index in [4.69, 9.17) is 44.3 Å². The maximum absolute atomic E-state index is 14.0. The zero-order valence-electron chi connectivity index (χ0n) is 17.9. The van der Waals surface area contributed by atoms with Gasteiger partial charge < -0.3 is 9.47 Å². The van der Waals surface area contributed by atoms with Gasteiger partial charge in [-0.05, 0) is 66.2 Å². The Morgan fingerprint density at radius 3 is 2.57 bits per heavy atom. The van der Waals surface area contributed by atoms with Crippen molar-refractivity contribution >= 4 is 63.8 Å². The van der Waals surface area contributed by atoms with E-state index in [1.807, 2.05) is 0 Å². The number of hydrogen-bond donors (Lipinski definition) is 0. The third-order valence-electron chi connectivity index (χ3n) is 4.71. The predicted molar refractivity (Wildman–Crippen MR) is 133 cm³/mol. The zero-order chi connectivity index (χ0) is 25.1. The van der Waals surface area contributed by atoms with E-state index in [1.54, 1.807) is 43.3 Å². The molecule has 3 aromatic rings. The average Bonchev–Trinajstić information content (AvgIpc) is 3.07. The van der Waals surface area contributed by atoms with Gasteiger partial charge in [-0.15, -0.1) is 0 Å². The Balaban J connectivity index is 1.59. The highest BCUT2D eigenvalue weighted by molar-refractivity contribution is 8.18. The molecule has 2 aromatic carbocycles. The Bertz CT molecular complexity index is 1340. The normalized spacial score (nSPS) is 14.7. The van der Waals surface area contributed by atoms with Crippen LogP contribution in [0.1, 0.15) is 18.1 Å². The molecule has 180 valence electrons. The minimum absolute atomic E-state index is 0.0510. The van der Waals surface area contributed by atoms with Crippen LogP contribution in [-0.4, -0.2) is 32.6 Å². The molecule has 1 fully saturated rings. The molecular weight excluding hydrogens is 540 g/mol. The van der Waals surface area contributed by atoms with Gasteiger partial charge in [0.05, 0.1) is 24.3 Å². The molecule has 0 radical (unpaired) electrons. The van der Waals surface area contributed by atoms with Crippen molar-refractivity contribution in [1.82, 2.24) is 14.9 Å². The highest BCUT2D eigenvalue weighted by atomic mass is 35.5. The summed E-state index contributed by atoms with van der Waals surface area (Å²) in [6.07, 6.45) is 2.44. The van der Waals surface area contributed by atoms with Crippen molar-refractivity contribution in [2.24, 2.45) is 0 Å². The molecule has 0 aliphatic carbocycles. The molecule has 1 aromatic heterocycles. The topological polar surface area (TPSA) is 81.6 Å². The number of hydrogen-bond acceptors (Lipinski definition) is 7. The molecule has 1 saturated heterocycles. The third kappa shape index (κ3) is 5.70. The Morgan fingerprint density at radius 2 is 1.86 bits per heavy atom. The van der Waals surface area contributed by atoms with E-state index >= 15 is 0 Å². The second-order valence-electron chi connectivity index (χ2n) is 7.00. The van der Waals surface area contributed by atoms with Crippen LogP contribution in [0.15, 0.2) is 47.5 Å². The van der Waals surface area contributed by atoms with E-state index in [9.17, 15) is 14.0 Å². The largest absolute Gasteiger partial charge is 0.490 e. The molecule has 0 atom stereocenters. The SMILES string of the molecule is CCOc1cc(/C=C2/SC(=O)N(Cc3c(Cl)cccc3Cl)C2=O)ccc1Oc1nc(Cl)ncc1F. The van der Waals surface area contributed by atoms with Gasteiger partial charge in [-0.25, -0.2) is 4.98 Å². The fourth-order valence-electron chi connectivity index (χ4n) is 3.10. The molecule has 2 amide bonds. The standard InChI is InChI=1S/C23H15Cl3FN3O4S/c1-2-33-18-8-12(6-7-17(18)34-20-16(27)10-28-22(26)29-20)9-19-21(31)30(23(32)35-19)11-13-14(24)4-3-5-15(13)25/h3-10H,2,11H2,1H3/b19-9+. The molecule has 1 aliphatic rings. The molecule has 7 nitrogen and oxygen atoms in total. The van der Waals surface area contributed by atoms with Crippen LogP contribution in [0.25, 0.3) is 6.08 Å². The molecule has 0 spiro atoms. The molecule has 1 aliphatic heterocycles. The van der Waals surface area contributed by atoms with Gasteiger partial charge in [0, 0.05) is 15.6 Å². The van der Waals surface area contributed by atoms with Gasteiger partial charge in [0.1, 0.15) is 0 Å². The lowest BCUT2D eigenvalue weighted by Gasteiger charge is -2.14. The first-order valence-electron chi connectivity index (χ1n) is 10.1. The highest BCUT2D eigenvalue weighted by Crippen LogP contribution is 2.38. The number of benzene rings is 2. The van der Waals surface area contributed by atoms with E-state index in [0.717, 1.165) is 22.9 Å². The summed E-state index contributed by atoms with van der Waals surface area (Å²) < 4.78 is 25.1. The number of ether oxygens (including phenoxy) is 2. The van der Waals surface area contributed by atoms with E-state index in [2.05, 4.69) is 9.97 Å². The molecule has 0 N–H and O–H groups in total. The van der Waals surface area contributed by atoms with Crippen LogP contribution in [0, 0.1) is 5.82 Å². The lowest BCUT2D eigenvalue weighted by molar-refractivity contribution is -0.123. The van der Waals surface area contributed by atoms with Crippen molar-refractivity contribution in [2.75, 3.05) is 6.61 Å². The van der Waals surface area contributed by atoms with Crippen LogP contribution in [0.5, 0.6) is 17.4 Å². The minimum Gasteiger partial charge on any atom is -0.490 e. The van der Waals surface area contributed by atoms with E-state index in [0.29, 0.717) is 27.8 Å². The maximum Gasteiger partial charge on any atom is 0.293 e. The first kappa shape index (κ1) is 25.2. The number of amides is 2. The lowest BCUT2D eigenvalue weighted by Crippen LogP contribution is -2.27. The van der Waals surface area contributed by atoms with E-state index in [-0.39, 0.29) is 34.1 Å². The number of halogens is 4. The summed E-state index contributed by atoms with van der Waals surface area (Å²) in [5.74, 6) is -1.19. The van der Waals surface area contributed by atoms with Crippen molar-refractivity contribution in [3.63, 3.8) is 0 Å². The van der Waals surface area contributed by atoms with Crippen molar-refractivity contribution in [3.8, 4) is 17.4 Å². The Labute approximate surface area is 218 Å². The molecule has 4 rings (SSSR count). The molecule has 0 bridgehead atoms. The van der Waals surface area contributed by atoms with Gasteiger partial charge in [-0.1, -0.05) is 35.3 Å². The van der Waals surface area contributed by atoms with Crippen LogP contribution in [0.4, 0.5) is 9.18 Å². The smallest absolute Gasteiger partial charge is 0.293 e. The van der Waals surface area contributed by atoms with Crippen molar-refractivity contribution in [3.05, 3.63) is 79.8 Å². The summed E-state index contributed by atoms with van der Waals surface area (Å²) in [5.41, 5.74) is 1.04. The van der Waals surface area contributed by atoms with Gasteiger partial charge in [0.2, 0.25) is 11.1 Å². The number of nitrogens with zero attached hydrogens (tertiary/aromatic N) is 3. The Kier molecular flexibility index (Phi) is 7.81. The molecule has 0 unspecified atom stereocenters. The zero-order valence-corrected chi connectivity index (χ0v) is 21.0. The monoisotopic (exact) mass is 553 g/mol. The quantitative estimate of drug-likeness (QED) is 0.230. The maximum atomic E-state index is 14.0. The molecule has 2 heterocycles. The van der Waals surface area contributed by atoms with Gasteiger partial charge in [-0.2, -0.15) is 9.37 Å². The minimum atomic E-state index is -0.798. The average molecular weight is 555 g/mol. The molecule has 12 heteroatoms. The van der Waals surface area contributed by atoms with Crippen LogP contribution in [0.2, 0.25) is 15.3 Å². The van der Waals surface area contributed by atoms with Crippen molar-refractivity contribution in [1.29, 1.82) is 0 Å². The highest BCUT2D eigenvalue weighted by Gasteiger charge is 2.35. The fourth-order valence-corrected chi connectivity index (χ4v) is 4.58. The van der Waals surface area contributed by atoms with Crippen molar-refractivity contribution < 1.29 is 23.5 Å². The summed E-state index contributed by atoms with van der Waals surface area (Å²) in [6.45, 7) is 2.01. The number of aromatic nitrogens is 2. The van der Waals surface area contributed by atoms with E-state index < -0.39 is 17.0 Å². The van der Waals surface area contributed by atoms with Crippen LogP contribution >= 0.6 is 46.6 Å². The fraction of sp³-hybridized carbons (Fsp3) is 0.130. The number of rotatable bonds is 7. The lowest BCUT2D eigenvalue weighted by atomic mass is 10.1. The first-order valence-corrected chi connectivity index (χ1v) is 12.0. The number of imide groups is 1. The Morgan fingerprint density at radius 1 is 1.11 bits per heavy atom. The van der Waals surface area contributed by atoms with Gasteiger partial charge in [-0.3, -0.25) is 14.5 Å². The number of thioether (sulfide) groups is 1. The van der Waals surface area contributed by atoms with Crippen LogP contribution < -0.4 is 9.47 Å². The molecular formula is C23H15Cl3FN3O4S. The van der Waals surface area contributed by atoms with Gasteiger partial charge in [0.15, 0.2) is 11.5 Å². The summed E-state index contributed by atoms with van der Waals surface area (Å²) in [5, 5.41) is 0.0980. The first-order chi connectivity index (χ1) is 16.8. The summed E-state index contributed by atoms with van der Waals surface area (Å²) in [6, 6.07) is 9.70. The molecule has 0 saturated carbocycles. The second kappa shape index (κ2) is 10.8. The van der Waals surface area contributed by atoms with Crippen LogP contribution in [-0.2, 0) is 11.3 Å². The summed E-state index contributed by atoms with van der Waals surface area (Å²) in [7, 11) is 0. The van der Waals surface area contributed by atoms with Gasteiger partial charge in [0.25, 0.3) is 17.0 Å². The Hall–Kier alpha value is -2.85. The van der Waals surface area contributed by atoms with Crippen molar-refractivity contribution in [2.45, 2.75) is 13.5 Å². The van der Waals surface area contributed by atoms with Gasteiger partial charge >= 0.3 is 0 Å². The predicted octanol–water partition coefficient (Wildman–Crippen LogP) is 7.00. The summed E-state index contributed by atoms with van der Waals surface area (Å²) in [4.78, 5) is 34.0. The van der Waals surface area contributed by atoms with Crippen LogP contribution in [0.3, 0.4) is 0 Å². The van der Waals surface area contributed by atoms with E-state index in [1.165, 1.54) is 6.07 Å². The third-order valence-corrected chi connectivity index (χ3v) is 6.50.